The molecule has 2 aliphatic rings. The van der Waals surface area contributed by atoms with Crippen LogP contribution in [0, 0.1) is 12.8 Å². The summed E-state index contributed by atoms with van der Waals surface area (Å²) in [4.78, 5) is 19.8. The van der Waals surface area contributed by atoms with Crippen LogP contribution in [0.2, 0.25) is 0 Å². The minimum Gasteiger partial charge on any atom is -0.461 e. The number of aryl methyl sites for hydroxylation is 1. The van der Waals surface area contributed by atoms with Gasteiger partial charge in [-0.2, -0.15) is 0 Å². The first-order valence-corrected chi connectivity index (χ1v) is 12.3. The summed E-state index contributed by atoms with van der Waals surface area (Å²) in [6.07, 6.45) is 6.38. The maximum atomic E-state index is 12.8. The normalized spacial score (nSPS) is 21.0. The smallest absolute Gasteiger partial charge is 0.222 e. The average molecular weight is 438 g/mol. The number of furan rings is 1. The van der Waals surface area contributed by atoms with Crippen molar-refractivity contribution < 1.29 is 9.21 Å². The van der Waals surface area contributed by atoms with Gasteiger partial charge >= 0.3 is 0 Å². The van der Waals surface area contributed by atoms with E-state index >= 15 is 0 Å². The van der Waals surface area contributed by atoms with Crippen molar-refractivity contribution in [3.63, 3.8) is 0 Å². The van der Waals surface area contributed by atoms with Gasteiger partial charge in [0.1, 0.15) is 11.5 Å². The number of hydrogen-bond donors (Lipinski definition) is 0. The molecule has 0 bridgehead atoms. The molecule has 0 spiro atoms. The van der Waals surface area contributed by atoms with Gasteiger partial charge in [0, 0.05) is 38.2 Å². The van der Waals surface area contributed by atoms with E-state index in [0.717, 1.165) is 69.1 Å². The Morgan fingerprint density at radius 1 is 1.12 bits per heavy atom. The molecule has 1 amide bonds. The van der Waals surface area contributed by atoms with E-state index in [4.69, 9.17) is 4.42 Å². The Balaban J connectivity index is 1.26. The van der Waals surface area contributed by atoms with Gasteiger partial charge in [-0.3, -0.25) is 9.69 Å². The molecule has 2 fully saturated rings. The molecular formula is C27H39N3O2. The molecule has 0 radical (unpaired) electrons. The number of piperidine rings is 2. The molecule has 0 saturated carbocycles. The van der Waals surface area contributed by atoms with E-state index in [0.29, 0.717) is 24.3 Å². The van der Waals surface area contributed by atoms with Crippen molar-refractivity contribution in [2.75, 3.05) is 40.3 Å². The molecule has 3 heterocycles. The second-order valence-corrected chi connectivity index (χ2v) is 9.93. The van der Waals surface area contributed by atoms with Crippen LogP contribution in [0.5, 0.6) is 0 Å². The van der Waals surface area contributed by atoms with E-state index in [2.05, 4.69) is 41.1 Å². The molecule has 1 atom stereocenters. The van der Waals surface area contributed by atoms with Crippen molar-refractivity contribution >= 4 is 5.91 Å². The van der Waals surface area contributed by atoms with E-state index < -0.39 is 0 Å². The summed E-state index contributed by atoms with van der Waals surface area (Å²) in [6, 6.07) is 13.2. The van der Waals surface area contributed by atoms with Gasteiger partial charge in [-0.1, -0.05) is 18.2 Å². The first-order chi connectivity index (χ1) is 15.5. The predicted molar refractivity (Wildman–Crippen MR) is 129 cm³/mol. The SMILES string of the molecule is Cc1ccc(-c2cccc(CN3CCCC(CCC(=O)N(C)C4CCN(C)CC4)C3)c2)o1. The van der Waals surface area contributed by atoms with Crippen molar-refractivity contribution in [1.82, 2.24) is 14.7 Å². The number of carbonyl (C=O) groups excluding carboxylic acids is 1. The van der Waals surface area contributed by atoms with Crippen LogP contribution in [-0.2, 0) is 11.3 Å². The van der Waals surface area contributed by atoms with Gasteiger partial charge in [0.25, 0.3) is 0 Å². The summed E-state index contributed by atoms with van der Waals surface area (Å²) >= 11 is 0. The van der Waals surface area contributed by atoms with Gasteiger partial charge in [0.05, 0.1) is 0 Å². The molecule has 1 aromatic carbocycles. The Hall–Kier alpha value is -2.11. The van der Waals surface area contributed by atoms with Crippen LogP contribution in [0.3, 0.4) is 0 Å². The summed E-state index contributed by atoms with van der Waals surface area (Å²) in [6.45, 7) is 7.38. The topological polar surface area (TPSA) is 39.9 Å². The predicted octanol–water partition coefficient (Wildman–Crippen LogP) is 4.80. The highest BCUT2D eigenvalue weighted by Gasteiger charge is 2.26. The first-order valence-electron chi connectivity index (χ1n) is 12.3. The van der Waals surface area contributed by atoms with Crippen molar-refractivity contribution in [2.24, 2.45) is 5.92 Å². The van der Waals surface area contributed by atoms with E-state index in [1.54, 1.807) is 0 Å². The summed E-state index contributed by atoms with van der Waals surface area (Å²) in [5.74, 6) is 2.83. The van der Waals surface area contributed by atoms with Crippen LogP contribution < -0.4 is 0 Å². The lowest BCUT2D eigenvalue weighted by molar-refractivity contribution is -0.133. The Bertz CT molecular complexity index is 885. The Labute approximate surface area is 193 Å². The molecule has 0 N–H and O–H groups in total. The molecule has 2 saturated heterocycles. The number of amides is 1. The maximum Gasteiger partial charge on any atom is 0.222 e. The highest BCUT2D eigenvalue weighted by Crippen LogP contribution is 2.26. The molecule has 4 rings (SSSR count). The van der Waals surface area contributed by atoms with Gasteiger partial charge in [0.2, 0.25) is 5.91 Å². The molecule has 5 heteroatoms. The van der Waals surface area contributed by atoms with E-state index in [9.17, 15) is 4.79 Å². The number of benzene rings is 1. The van der Waals surface area contributed by atoms with Crippen LogP contribution >= 0.6 is 0 Å². The number of carbonyl (C=O) groups is 1. The molecule has 32 heavy (non-hydrogen) atoms. The van der Waals surface area contributed by atoms with E-state index in [1.165, 1.54) is 18.4 Å². The van der Waals surface area contributed by atoms with Crippen LogP contribution in [0.15, 0.2) is 40.8 Å². The highest BCUT2D eigenvalue weighted by molar-refractivity contribution is 5.76. The zero-order valence-electron chi connectivity index (χ0n) is 20.1. The average Bonchev–Trinajstić information content (AvgIpc) is 3.24. The number of likely N-dealkylation sites (tertiary alicyclic amines) is 2. The standard InChI is InChI=1S/C27H39N3O2/c1-21-9-11-26(32-21)24-8-4-6-23(18-24)20-30-15-5-7-22(19-30)10-12-27(31)29(3)25-13-16-28(2)17-14-25/h4,6,8-9,11,18,22,25H,5,7,10,12-17,19-20H2,1-3H3. The summed E-state index contributed by atoms with van der Waals surface area (Å²) in [5.41, 5.74) is 2.47. The van der Waals surface area contributed by atoms with Crippen molar-refractivity contribution in [3.05, 3.63) is 47.7 Å². The van der Waals surface area contributed by atoms with Gasteiger partial charge in [-0.05, 0) is 95.4 Å². The van der Waals surface area contributed by atoms with Gasteiger partial charge in [-0.25, -0.2) is 0 Å². The van der Waals surface area contributed by atoms with Crippen LogP contribution in [0.1, 0.15) is 49.8 Å². The zero-order chi connectivity index (χ0) is 22.5. The molecule has 2 aliphatic heterocycles. The maximum absolute atomic E-state index is 12.8. The lowest BCUT2D eigenvalue weighted by atomic mass is 9.92. The minimum atomic E-state index is 0.332. The molecule has 1 aromatic heterocycles. The number of nitrogens with zero attached hydrogens (tertiary/aromatic N) is 3. The van der Waals surface area contributed by atoms with Gasteiger partial charge in [0.15, 0.2) is 0 Å². The van der Waals surface area contributed by atoms with Gasteiger partial charge in [-0.15, -0.1) is 0 Å². The Morgan fingerprint density at radius 3 is 2.69 bits per heavy atom. The fourth-order valence-electron chi connectivity index (χ4n) is 5.29. The highest BCUT2D eigenvalue weighted by atomic mass is 16.3. The van der Waals surface area contributed by atoms with E-state index in [1.807, 2.05) is 31.0 Å². The largest absolute Gasteiger partial charge is 0.461 e. The molecule has 5 nitrogen and oxygen atoms in total. The fourth-order valence-corrected chi connectivity index (χ4v) is 5.29. The second-order valence-electron chi connectivity index (χ2n) is 9.93. The molecule has 1 unspecified atom stereocenters. The summed E-state index contributed by atoms with van der Waals surface area (Å²) in [5, 5.41) is 0. The lowest BCUT2D eigenvalue weighted by Crippen LogP contribution is -2.44. The lowest BCUT2D eigenvalue weighted by Gasteiger charge is -2.36. The molecule has 2 aromatic rings. The van der Waals surface area contributed by atoms with Crippen molar-refractivity contribution in [2.45, 2.75) is 58.0 Å². The van der Waals surface area contributed by atoms with Crippen LogP contribution in [0.4, 0.5) is 0 Å². The van der Waals surface area contributed by atoms with Crippen LogP contribution in [0.25, 0.3) is 11.3 Å². The quantitative estimate of drug-likeness (QED) is 0.624. The number of hydrogen-bond acceptors (Lipinski definition) is 4. The molecule has 174 valence electrons. The number of rotatable bonds is 7. The zero-order valence-corrected chi connectivity index (χ0v) is 20.1. The third kappa shape index (κ3) is 6.02. The third-order valence-electron chi connectivity index (χ3n) is 7.36. The third-order valence-corrected chi connectivity index (χ3v) is 7.36. The van der Waals surface area contributed by atoms with Gasteiger partial charge < -0.3 is 14.2 Å². The minimum absolute atomic E-state index is 0.332. The van der Waals surface area contributed by atoms with E-state index in [-0.39, 0.29) is 0 Å². The Morgan fingerprint density at radius 2 is 1.94 bits per heavy atom. The first kappa shape index (κ1) is 23.1. The fraction of sp³-hybridized carbons (Fsp3) is 0.593. The molecular weight excluding hydrogens is 398 g/mol. The Kier molecular flexibility index (Phi) is 7.69. The van der Waals surface area contributed by atoms with Crippen molar-refractivity contribution in [1.29, 1.82) is 0 Å². The summed E-state index contributed by atoms with van der Waals surface area (Å²) in [7, 11) is 4.18. The van der Waals surface area contributed by atoms with Crippen LogP contribution in [-0.4, -0.2) is 66.9 Å². The monoisotopic (exact) mass is 437 g/mol. The summed E-state index contributed by atoms with van der Waals surface area (Å²) < 4.78 is 5.80. The molecule has 0 aliphatic carbocycles. The second kappa shape index (κ2) is 10.7. The van der Waals surface area contributed by atoms with Crippen molar-refractivity contribution in [3.8, 4) is 11.3 Å².